The predicted molar refractivity (Wildman–Crippen MR) is 48.5 cm³/mol. The van der Waals surface area contributed by atoms with Gasteiger partial charge in [0.05, 0.1) is 0 Å². The van der Waals surface area contributed by atoms with Gasteiger partial charge in [0.1, 0.15) is 0 Å². The van der Waals surface area contributed by atoms with Gasteiger partial charge in [0.15, 0.2) is 5.82 Å². The van der Waals surface area contributed by atoms with Crippen molar-refractivity contribution in [3.8, 4) is 0 Å². The van der Waals surface area contributed by atoms with Crippen LogP contribution in [-0.2, 0) is 0 Å². The molecule has 1 aromatic rings. The fraction of sp³-hybridized carbons (Fsp3) is 0.556. The summed E-state index contributed by atoms with van der Waals surface area (Å²) in [5.41, 5.74) is 0. The normalized spacial score (nSPS) is 18.8. The highest BCUT2D eigenvalue weighted by Crippen LogP contribution is 2.15. The third-order valence-corrected chi connectivity index (χ3v) is 2.44. The maximum absolute atomic E-state index is 11.7. The lowest BCUT2D eigenvalue weighted by Crippen LogP contribution is -2.32. The van der Waals surface area contributed by atoms with Crippen molar-refractivity contribution in [1.82, 2.24) is 15.3 Å². The Bertz CT molecular complexity index is 275. The van der Waals surface area contributed by atoms with E-state index in [1.165, 1.54) is 0 Å². The zero-order valence-electron chi connectivity index (χ0n) is 7.42. The number of H-pyrrole nitrogens is 1. The van der Waals surface area contributed by atoms with Crippen LogP contribution in [0.2, 0.25) is 0 Å². The van der Waals surface area contributed by atoms with E-state index >= 15 is 0 Å². The number of hydrogen-bond acceptors (Lipinski definition) is 3. The minimum absolute atomic E-state index is 0.159. The first-order valence-electron chi connectivity index (χ1n) is 4.62. The van der Waals surface area contributed by atoms with E-state index in [0.29, 0.717) is 5.82 Å². The molecule has 13 heavy (non-hydrogen) atoms. The van der Waals surface area contributed by atoms with Crippen molar-refractivity contribution in [2.75, 3.05) is 13.1 Å². The van der Waals surface area contributed by atoms with Gasteiger partial charge < -0.3 is 10.3 Å². The smallest absolute Gasteiger partial charge is 0.201 e. The second-order valence-electron chi connectivity index (χ2n) is 3.33. The van der Waals surface area contributed by atoms with Crippen LogP contribution < -0.4 is 5.32 Å². The van der Waals surface area contributed by atoms with Crippen molar-refractivity contribution in [3.05, 3.63) is 18.2 Å². The Balaban J connectivity index is 2.04. The second kappa shape index (κ2) is 3.70. The standard InChI is InChI=1S/C9H13N3O/c13-8(9-11-5-6-12-9)7-1-3-10-4-2-7/h5-7,10H,1-4H2,(H,11,12). The molecule has 2 rings (SSSR count). The molecule has 70 valence electrons. The van der Waals surface area contributed by atoms with E-state index in [-0.39, 0.29) is 11.7 Å². The summed E-state index contributed by atoms with van der Waals surface area (Å²) >= 11 is 0. The number of nitrogens with zero attached hydrogens (tertiary/aromatic N) is 1. The molecule has 4 heteroatoms. The number of rotatable bonds is 2. The molecule has 1 aliphatic heterocycles. The molecule has 2 N–H and O–H groups in total. The van der Waals surface area contributed by atoms with E-state index in [1.54, 1.807) is 12.4 Å². The molecule has 0 radical (unpaired) electrons. The van der Waals surface area contributed by atoms with Crippen molar-refractivity contribution >= 4 is 5.78 Å². The van der Waals surface area contributed by atoms with E-state index in [0.717, 1.165) is 25.9 Å². The van der Waals surface area contributed by atoms with Gasteiger partial charge in [-0.15, -0.1) is 0 Å². The van der Waals surface area contributed by atoms with Crippen LogP contribution in [-0.4, -0.2) is 28.8 Å². The van der Waals surface area contributed by atoms with Crippen molar-refractivity contribution in [2.45, 2.75) is 12.8 Å². The monoisotopic (exact) mass is 179 g/mol. The largest absolute Gasteiger partial charge is 0.342 e. The number of Topliss-reactive ketones (excluding diaryl/α,β-unsaturated/α-hetero) is 1. The van der Waals surface area contributed by atoms with Gasteiger partial charge in [-0.05, 0) is 25.9 Å². The topological polar surface area (TPSA) is 57.8 Å². The third-order valence-electron chi connectivity index (χ3n) is 2.44. The second-order valence-corrected chi connectivity index (χ2v) is 3.33. The zero-order chi connectivity index (χ0) is 9.10. The molecule has 4 nitrogen and oxygen atoms in total. The van der Waals surface area contributed by atoms with Crippen molar-refractivity contribution < 1.29 is 4.79 Å². The predicted octanol–water partition coefficient (Wildman–Crippen LogP) is 0.592. The first kappa shape index (κ1) is 8.44. The lowest BCUT2D eigenvalue weighted by atomic mass is 9.93. The number of imidazole rings is 1. The van der Waals surface area contributed by atoms with Gasteiger partial charge in [0, 0.05) is 18.3 Å². The summed E-state index contributed by atoms with van der Waals surface area (Å²) in [7, 11) is 0. The summed E-state index contributed by atoms with van der Waals surface area (Å²) in [5, 5.41) is 3.23. The van der Waals surface area contributed by atoms with E-state index in [1.807, 2.05) is 0 Å². The first-order chi connectivity index (χ1) is 6.38. The number of hydrogen-bond donors (Lipinski definition) is 2. The maximum Gasteiger partial charge on any atom is 0.201 e. The van der Waals surface area contributed by atoms with Crippen LogP contribution >= 0.6 is 0 Å². The fourth-order valence-electron chi connectivity index (χ4n) is 1.68. The molecule has 0 amide bonds. The van der Waals surface area contributed by atoms with Crippen LogP contribution in [0.3, 0.4) is 0 Å². The lowest BCUT2D eigenvalue weighted by molar-refractivity contribution is 0.0885. The van der Waals surface area contributed by atoms with Crippen LogP contribution in [0.5, 0.6) is 0 Å². The van der Waals surface area contributed by atoms with E-state index in [9.17, 15) is 4.79 Å². The molecule has 2 heterocycles. The Labute approximate surface area is 76.8 Å². The average Bonchev–Trinajstić information content (AvgIpc) is 2.71. The van der Waals surface area contributed by atoms with Gasteiger partial charge in [-0.3, -0.25) is 4.79 Å². The summed E-state index contributed by atoms with van der Waals surface area (Å²) in [6, 6.07) is 0. The third kappa shape index (κ3) is 1.78. The molecule has 0 spiro atoms. The maximum atomic E-state index is 11.7. The molecule has 1 saturated heterocycles. The molecule has 0 aromatic carbocycles. The van der Waals surface area contributed by atoms with Crippen molar-refractivity contribution in [2.24, 2.45) is 5.92 Å². The highest BCUT2D eigenvalue weighted by atomic mass is 16.1. The molecule has 0 aliphatic carbocycles. The molecule has 0 atom stereocenters. The SMILES string of the molecule is O=C(c1ncc[nH]1)C1CCNCC1. The van der Waals surface area contributed by atoms with Gasteiger partial charge in [0.25, 0.3) is 0 Å². The number of aromatic nitrogens is 2. The summed E-state index contributed by atoms with van der Waals surface area (Å²) in [5.74, 6) is 0.825. The van der Waals surface area contributed by atoms with Gasteiger partial charge in [0.2, 0.25) is 5.78 Å². The minimum atomic E-state index is 0.159. The fourth-order valence-corrected chi connectivity index (χ4v) is 1.68. The van der Waals surface area contributed by atoms with Crippen LogP contribution in [0, 0.1) is 5.92 Å². The minimum Gasteiger partial charge on any atom is -0.342 e. The molecule has 0 saturated carbocycles. The summed E-state index contributed by atoms with van der Waals surface area (Å²) in [6.45, 7) is 1.88. The number of carbonyl (C=O) groups is 1. The van der Waals surface area contributed by atoms with Crippen LogP contribution in [0.25, 0.3) is 0 Å². The Hall–Kier alpha value is -1.16. The molecule has 0 bridgehead atoms. The van der Waals surface area contributed by atoms with Gasteiger partial charge in [-0.25, -0.2) is 4.98 Å². The van der Waals surface area contributed by atoms with Crippen LogP contribution in [0.4, 0.5) is 0 Å². The van der Waals surface area contributed by atoms with Gasteiger partial charge in [-0.1, -0.05) is 0 Å². The molecular formula is C9H13N3O. The first-order valence-corrected chi connectivity index (χ1v) is 4.62. The van der Waals surface area contributed by atoms with Crippen LogP contribution in [0.1, 0.15) is 23.5 Å². The van der Waals surface area contributed by atoms with E-state index < -0.39 is 0 Å². The van der Waals surface area contributed by atoms with Crippen molar-refractivity contribution in [1.29, 1.82) is 0 Å². The quantitative estimate of drug-likeness (QED) is 0.653. The Morgan fingerprint density at radius 1 is 1.46 bits per heavy atom. The molecule has 1 aromatic heterocycles. The van der Waals surface area contributed by atoms with Gasteiger partial charge in [-0.2, -0.15) is 0 Å². The molecule has 0 unspecified atom stereocenters. The highest BCUT2D eigenvalue weighted by molar-refractivity contribution is 5.94. The van der Waals surface area contributed by atoms with Crippen LogP contribution in [0.15, 0.2) is 12.4 Å². The highest BCUT2D eigenvalue weighted by Gasteiger charge is 2.23. The number of ketones is 1. The summed E-state index contributed by atoms with van der Waals surface area (Å²) < 4.78 is 0. The Morgan fingerprint density at radius 2 is 2.23 bits per heavy atom. The van der Waals surface area contributed by atoms with E-state index in [4.69, 9.17) is 0 Å². The number of aromatic amines is 1. The average molecular weight is 179 g/mol. The Kier molecular flexibility index (Phi) is 2.40. The molecule has 1 fully saturated rings. The Morgan fingerprint density at radius 3 is 2.85 bits per heavy atom. The van der Waals surface area contributed by atoms with E-state index in [2.05, 4.69) is 15.3 Å². The summed E-state index contributed by atoms with van der Waals surface area (Å²) in [6.07, 6.45) is 5.17. The number of piperidine rings is 1. The molecule has 1 aliphatic rings. The summed E-state index contributed by atoms with van der Waals surface area (Å²) in [4.78, 5) is 18.6. The number of nitrogens with one attached hydrogen (secondary N) is 2. The molecular weight excluding hydrogens is 166 g/mol. The van der Waals surface area contributed by atoms with Crippen molar-refractivity contribution in [3.63, 3.8) is 0 Å². The zero-order valence-corrected chi connectivity index (χ0v) is 7.42. The number of carbonyl (C=O) groups excluding carboxylic acids is 1. The lowest BCUT2D eigenvalue weighted by Gasteiger charge is -2.20. The van der Waals surface area contributed by atoms with Gasteiger partial charge >= 0.3 is 0 Å².